The summed E-state index contributed by atoms with van der Waals surface area (Å²) in [5.74, 6) is -1.09. The second-order valence-electron chi connectivity index (χ2n) is 6.42. The van der Waals surface area contributed by atoms with Crippen molar-refractivity contribution in [1.29, 1.82) is 0 Å². The van der Waals surface area contributed by atoms with Crippen LogP contribution in [0.2, 0.25) is 0 Å². The van der Waals surface area contributed by atoms with Crippen LogP contribution in [0.25, 0.3) is 0 Å². The molecule has 0 saturated heterocycles. The van der Waals surface area contributed by atoms with Gasteiger partial charge >= 0.3 is 5.97 Å². The molecule has 25 heavy (non-hydrogen) atoms. The molecule has 0 saturated carbocycles. The molecule has 0 radical (unpaired) electrons. The van der Waals surface area contributed by atoms with E-state index in [1.54, 1.807) is 18.2 Å². The van der Waals surface area contributed by atoms with Gasteiger partial charge in [0.2, 0.25) is 5.91 Å². The number of benzene rings is 1. The van der Waals surface area contributed by atoms with Gasteiger partial charge in [-0.05, 0) is 49.9 Å². The van der Waals surface area contributed by atoms with Crippen LogP contribution in [-0.4, -0.2) is 33.3 Å². The lowest BCUT2D eigenvalue weighted by molar-refractivity contribution is -0.124. The number of hydrogen-bond donors (Lipinski definition) is 2. The summed E-state index contributed by atoms with van der Waals surface area (Å²) < 4.78 is 1.84. The van der Waals surface area contributed by atoms with E-state index in [-0.39, 0.29) is 17.4 Å². The minimum absolute atomic E-state index is 0.00274. The zero-order valence-corrected chi connectivity index (χ0v) is 15.2. The lowest BCUT2D eigenvalue weighted by Crippen LogP contribution is -2.32. The predicted octanol–water partition coefficient (Wildman–Crippen LogP) is 2.27. The number of nitrogens with zero attached hydrogens (tertiary/aromatic N) is 2. The second kappa shape index (κ2) is 7.96. The van der Waals surface area contributed by atoms with E-state index in [0.29, 0.717) is 19.4 Å². The number of nitrogens with one attached hydrogen (secondary N) is 1. The van der Waals surface area contributed by atoms with Crippen molar-refractivity contribution in [3.8, 4) is 0 Å². The molecule has 2 aromatic rings. The largest absolute Gasteiger partial charge is 0.478 e. The molecule has 0 fully saturated rings. The molecule has 1 aromatic carbocycles. The minimum Gasteiger partial charge on any atom is -0.478 e. The summed E-state index contributed by atoms with van der Waals surface area (Å²) in [6, 6.07) is 6.78. The van der Waals surface area contributed by atoms with Gasteiger partial charge in [-0.3, -0.25) is 9.48 Å². The SMILES string of the molecule is Cc1nn(C)c(C)c1CC(C)C(=O)NCCc1cccc(C(=O)O)c1. The van der Waals surface area contributed by atoms with Gasteiger partial charge in [0.05, 0.1) is 11.3 Å². The summed E-state index contributed by atoms with van der Waals surface area (Å²) in [5.41, 5.74) is 4.33. The first-order valence-electron chi connectivity index (χ1n) is 8.38. The molecule has 6 nitrogen and oxygen atoms in total. The van der Waals surface area contributed by atoms with Crippen LogP contribution in [0.15, 0.2) is 24.3 Å². The number of amides is 1. The maximum absolute atomic E-state index is 12.3. The van der Waals surface area contributed by atoms with Crippen LogP contribution in [0.3, 0.4) is 0 Å². The van der Waals surface area contributed by atoms with Crippen molar-refractivity contribution in [2.24, 2.45) is 13.0 Å². The van der Waals surface area contributed by atoms with E-state index in [0.717, 1.165) is 22.5 Å². The summed E-state index contributed by atoms with van der Waals surface area (Å²) in [4.78, 5) is 23.3. The number of carbonyl (C=O) groups is 2. The van der Waals surface area contributed by atoms with Gasteiger partial charge in [0.25, 0.3) is 0 Å². The van der Waals surface area contributed by atoms with Crippen LogP contribution >= 0.6 is 0 Å². The first-order valence-corrected chi connectivity index (χ1v) is 8.38. The van der Waals surface area contributed by atoms with Crippen LogP contribution in [0.4, 0.5) is 0 Å². The van der Waals surface area contributed by atoms with Crippen LogP contribution in [0.1, 0.15) is 39.8 Å². The molecule has 2 rings (SSSR count). The molecule has 1 aromatic heterocycles. The molecule has 1 unspecified atom stereocenters. The third kappa shape index (κ3) is 4.68. The number of rotatable bonds is 7. The fraction of sp³-hybridized carbons (Fsp3) is 0.421. The molecule has 1 amide bonds. The van der Waals surface area contributed by atoms with E-state index in [4.69, 9.17) is 5.11 Å². The molecule has 134 valence electrons. The number of hydrogen-bond acceptors (Lipinski definition) is 3. The number of aromatic carboxylic acids is 1. The minimum atomic E-state index is -0.943. The van der Waals surface area contributed by atoms with Crippen molar-refractivity contribution >= 4 is 11.9 Å². The molecular weight excluding hydrogens is 318 g/mol. The van der Waals surface area contributed by atoms with Gasteiger partial charge in [-0.2, -0.15) is 5.10 Å². The third-order valence-corrected chi connectivity index (χ3v) is 4.50. The van der Waals surface area contributed by atoms with E-state index in [1.165, 1.54) is 0 Å². The fourth-order valence-electron chi connectivity index (χ4n) is 2.88. The van der Waals surface area contributed by atoms with Crippen molar-refractivity contribution in [2.45, 2.75) is 33.6 Å². The molecule has 6 heteroatoms. The number of carboxylic acid groups (broad SMARTS) is 1. The highest BCUT2D eigenvalue weighted by Crippen LogP contribution is 2.17. The summed E-state index contributed by atoms with van der Waals surface area (Å²) in [7, 11) is 1.90. The van der Waals surface area contributed by atoms with E-state index in [1.807, 2.05) is 38.6 Å². The van der Waals surface area contributed by atoms with Crippen molar-refractivity contribution in [2.75, 3.05) is 6.54 Å². The molecule has 0 spiro atoms. The highest BCUT2D eigenvalue weighted by atomic mass is 16.4. The highest BCUT2D eigenvalue weighted by molar-refractivity contribution is 5.87. The van der Waals surface area contributed by atoms with Gasteiger partial charge < -0.3 is 10.4 Å². The highest BCUT2D eigenvalue weighted by Gasteiger charge is 2.18. The molecule has 0 bridgehead atoms. The van der Waals surface area contributed by atoms with Crippen LogP contribution in [0, 0.1) is 19.8 Å². The Morgan fingerprint density at radius 3 is 2.64 bits per heavy atom. The van der Waals surface area contributed by atoms with Crippen molar-refractivity contribution in [1.82, 2.24) is 15.1 Å². The first kappa shape index (κ1) is 18.7. The summed E-state index contributed by atoms with van der Waals surface area (Å²) in [5, 5.41) is 16.3. The van der Waals surface area contributed by atoms with E-state index in [9.17, 15) is 9.59 Å². The molecule has 2 N–H and O–H groups in total. The molecular formula is C19H25N3O3. The first-order chi connectivity index (χ1) is 11.8. The van der Waals surface area contributed by atoms with E-state index < -0.39 is 5.97 Å². The monoisotopic (exact) mass is 343 g/mol. The Morgan fingerprint density at radius 1 is 1.32 bits per heavy atom. The topological polar surface area (TPSA) is 84.2 Å². The molecule has 1 atom stereocenters. The second-order valence-corrected chi connectivity index (χ2v) is 6.42. The standard InChI is InChI=1S/C19H25N3O3/c1-12(10-17-13(2)21-22(4)14(17)3)18(23)20-9-8-15-6-5-7-16(11-15)19(24)25/h5-7,11-12H,8-10H2,1-4H3,(H,20,23)(H,24,25). The van der Waals surface area contributed by atoms with Crippen LogP contribution in [0.5, 0.6) is 0 Å². The van der Waals surface area contributed by atoms with Crippen LogP contribution < -0.4 is 5.32 Å². The molecule has 0 aliphatic heterocycles. The van der Waals surface area contributed by atoms with Gasteiger partial charge in [-0.1, -0.05) is 19.1 Å². The average molecular weight is 343 g/mol. The molecule has 0 aliphatic rings. The molecule has 1 heterocycles. The van der Waals surface area contributed by atoms with Gasteiger partial charge in [0.15, 0.2) is 0 Å². The third-order valence-electron chi connectivity index (χ3n) is 4.50. The Morgan fingerprint density at radius 2 is 2.04 bits per heavy atom. The Labute approximate surface area is 147 Å². The number of carboxylic acids is 1. The van der Waals surface area contributed by atoms with Gasteiger partial charge in [0.1, 0.15) is 0 Å². The van der Waals surface area contributed by atoms with Crippen molar-refractivity contribution < 1.29 is 14.7 Å². The quantitative estimate of drug-likeness (QED) is 0.808. The predicted molar refractivity (Wildman–Crippen MR) is 95.7 cm³/mol. The van der Waals surface area contributed by atoms with Crippen molar-refractivity contribution in [3.05, 3.63) is 52.3 Å². The Bertz CT molecular complexity index is 780. The van der Waals surface area contributed by atoms with E-state index >= 15 is 0 Å². The zero-order chi connectivity index (χ0) is 18.6. The summed E-state index contributed by atoms with van der Waals surface area (Å²) in [6.45, 7) is 6.36. The summed E-state index contributed by atoms with van der Waals surface area (Å²) in [6.07, 6.45) is 1.26. The lowest BCUT2D eigenvalue weighted by atomic mass is 9.99. The Hall–Kier alpha value is -2.63. The number of aromatic nitrogens is 2. The van der Waals surface area contributed by atoms with Gasteiger partial charge in [-0.15, -0.1) is 0 Å². The smallest absolute Gasteiger partial charge is 0.335 e. The van der Waals surface area contributed by atoms with Gasteiger partial charge in [-0.25, -0.2) is 4.79 Å². The lowest BCUT2D eigenvalue weighted by Gasteiger charge is -2.13. The maximum Gasteiger partial charge on any atom is 0.335 e. The fourth-order valence-corrected chi connectivity index (χ4v) is 2.88. The average Bonchev–Trinajstić information content (AvgIpc) is 2.81. The Kier molecular flexibility index (Phi) is 5.96. The number of aryl methyl sites for hydroxylation is 2. The Balaban J connectivity index is 1.87. The molecule has 0 aliphatic carbocycles. The van der Waals surface area contributed by atoms with Crippen LogP contribution in [-0.2, 0) is 24.7 Å². The zero-order valence-electron chi connectivity index (χ0n) is 15.2. The summed E-state index contributed by atoms with van der Waals surface area (Å²) >= 11 is 0. The van der Waals surface area contributed by atoms with Crippen molar-refractivity contribution in [3.63, 3.8) is 0 Å². The number of carbonyl (C=O) groups excluding carboxylic acids is 1. The normalized spacial score (nSPS) is 12.0. The van der Waals surface area contributed by atoms with E-state index in [2.05, 4.69) is 10.4 Å². The maximum atomic E-state index is 12.3. The van der Waals surface area contributed by atoms with Gasteiger partial charge in [0, 0.05) is 25.2 Å².